The Bertz CT molecular complexity index is 380. The first kappa shape index (κ1) is 9.16. The van der Waals surface area contributed by atoms with Crippen molar-refractivity contribution in [2.45, 2.75) is 12.8 Å². The lowest BCUT2D eigenvalue weighted by atomic mass is 10.0. The molecule has 1 heterocycles. The fraction of sp³-hybridized carbons (Fsp3) is 0.250. The van der Waals surface area contributed by atoms with Gasteiger partial charge in [0, 0.05) is 6.20 Å². The number of nitrogens with zero attached hydrogens (tertiary/aromatic N) is 1. The maximum absolute atomic E-state index is 8.65. The van der Waals surface area contributed by atoms with E-state index in [2.05, 4.69) is 23.2 Å². The highest BCUT2D eigenvalue weighted by Crippen LogP contribution is 2.18. The largest absolute Gasteiger partial charge is 0.392 e. The van der Waals surface area contributed by atoms with Crippen LogP contribution >= 0.6 is 0 Å². The molecule has 0 spiro atoms. The minimum absolute atomic E-state index is 0.0803. The van der Waals surface area contributed by atoms with Gasteiger partial charge in [0.25, 0.3) is 0 Å². The van der Waals surface area contributed by atoms with Gasteiger partial charge in [-0.25, -0.2) is 0 Å². The molecule has 2 rings (SSSR count). The Balaban J connectivity index is 2.30. The lowest BCUT2D eigenvalue weighted by molar-refractivity contribution is 0.343. The fourth-order valence-electron chi connectivity index (χ4n) is 1.60. The van der Waals surface area contributed by atoms with Crippen molar-refractivity contribution >= 4 is 12.2 Å². The van der Waals surface area contributed by atoms with Crippen LogP contribution in [0.1, 0.15) is 23.2 Å². The number of hydrogen-bond donors (Lipinski definition) is 1. The third kappa shape index (κ3) is 1.91. The van der Waals surface area contributed by atoms with Crippen LogP contribution in [0.15, 0.2) is 24.4 Å². The van der Waals surface area contributed by atoms with Gasteiger partial charge in [-0.15, -0.1) is 0 Å². The SMILES string of the molecule is OC/C=C/c1cnc2c(c1)CCC=C2. The van der Waals surface area contributed by atoms with E-state index in [1.165, 1.54) is 5.56 Å². The molecule has 14 heavy (non-hydrogen) atoms. The Labute approximate surface area is 83.6 Å². The standard InChI is InChI=1S/C12H13NO/c14-7-3-4-10-8-11-5-1-2-6-12(11)13-9-10/h2-4,6,8-9,14H,1,5,7H2/b4-3+. The van der Waals surface area contributed by atoms with E-state index in [9.17, 15) is 0 Å². The summed E-state index contributed by atoms with van der Waals surface area (Å²) >= 11 is 0. The molecule has 1 aliphatic carbocycles. The van der Waals surface area contributed by atoms with Crippen molar-refractivity contribution in [2.24, 2.45) is 0 Å². The molecule has 72 valence electrons. The molecule has 0 fully saturated rings. The Hall–Kier alpha value is -1.41. The van der Waals surface area contributed by atoms with Crippen LogP contribution in [0.4, 0.5) is 0 Å². The van der Waals surface area contributed by atoms with Crippen molar-refractivity contribution in [1.82, 2.24) is 4.98 Å². The predicted octanol–water partition coefficient (Wildman–Crippen LogP) is 2.05. The third-order valence-electron chi connectivity index (χ3n) is 2.29. The van der Waals surface area contributed by atoms with Gasteiger partial charge in [0.15, 0.2) is 0 Å². The van der Waals surface area contributed by atoms with Crippen molar-refractivity contribution in [3.05, 3.63) is 41.2 Å². The lowest BCUT2D eigenvalue weighted by Gasteiger charge is -2.09. The number of rotatable bonds is 2. The van der Waals surface area contributed by atoms with E-state index in [-0.39, 0.29) is 6.61 Å². The molecule has 0 saturated heterocycles. The zero-order valence-corrected chi connectivity index (χ0v) is 7.98. The second-order valence-corrected chi connectivity index (χ2v) is 3.34. The number of fused-ring (bicyclic) bond motifs is 1. The highest BCUT2D eigenvalue weighted by molar-refractivity contribution is 5.57. The van der Waals surface area contributed by atoms with Crippen LogP contribution in [0.5, 0.6) is 0 Å². The van der Waals surface area contributed by atoms with E-state index in [4.69, 9.17) is 5.11 Å². The van der Waals surface area contributed by atoms with Gasteiger partial charge in [-0.1, -0.05) is 18.2 Å². The first-order valence-electron chi connectivity index (χ1n) is 4.83. The van der Waals surface area contributed by atoms with Crippen molar-refractivity contribution in [2.75, 3.05) is 6.61 Å². The van der Waals surface area contributed by atoms with Crippen molar-refractivity contribution in [3.63, 3.8) is 0 Å². The number of aryl methyl sites for hydroxylation is 1. The molecule has 1 aliphatic rings. The average molecular weight is 187 g/mol. The fourth-order valence-corrected chi connectivity index (χ4v) is 1.60. The van der Waals surface area contributed by atoms with Crippen molar-refractivity contribution < 1.29 is 5.11 Å². The number of allylic oxidation sites excluding steroid dienone is 1. The molecule has 0 radical (unpaired) electrons. The van der Waals surface area contributed by atoms with Gasteiger partial charge in [0.2, 0.25) is 0 Å². The molecule has 0 aliphatic heterocycles. The molecule has 0 unspecified atom stereocenters. The van der Waals surface area contributed by atoms with Gasteiger partial charge >= 0.3 is 0 Å². The molecule has 2 nitrogen and oxygen atoms in total. The van der Waals surface area contributed by atoms with Gasteiger partial charge in [0.05, 0.1) is 12.3 Å². The van der Waals surface area contributed by atoms with E-state index < -0.39 is 0 Å². The summed E-state index contributed by atoms with van der Waals surface area (Å²) in [7, 11) is 0. The van der Waals surface area contributed by atoms with Gasteiger partial charge in [-0.05, 0) is 36.1 Å². The summed E-state index contributed by atoms with van der Waals surface area (Å²) in [6.07, 6.45) is 11.8. The van der Waals surface area contributed by atoms with Gasteiger partial charge in [-0.2, -0.15) is 0 Å². The normalized spacial score (nSPS) is 14.6. The van der Waals surface area contributed by atoms with E-state index in [1.807, 2.05) is 12.3 Å². The highest BCUT2D eigenvalue weighted by atomic mass is 16.2. The number of aromatic nitrogens is 1. The van der Waals surface area contributed by atoms with Crippen LogP contribution in [0.25, 0.3) is 12.2 Å². The molecular formula is C12H13NO. The molecule has 0 atom stereocenters. The summed E-state index contributed by atoms with van der Waals surface area (Å²) < 4.78 is 0. The van der Waals surface area contributed by atoms with E-state index in [0.717, 1.165) is 24.1 Å². The smallest absolute Gasteiger partial charge is 0.0658 e. The van der Waals surface area contributed by atoms with E-state index in [1.54, 1.807) is 6.08 Å². The molecule has 0 saturated carbocycles. The van der Waals surface area contributed by atoms with Crippen LogP contribution in [0, 0.1) is 0 Å². The van der Waals surface area contributed by atoms with Crippen LogP contribution in [-0.2, 0) is 6.42 Å². The Morgan fingerprint density at radius 2 is 2.43 bits per heavy atom. The minimum Gasteiger partial charge on any atom is -0.392 e. The number of pyridine rings is 1. The molecular weight excluding hydrogens is 174 g/mol. The van der Waals surface area contributed by atoms with Gasteiger partial charge in [0.1, 0.15) is 0 Å². The molecule has 0 aromatic carbocycles. The van der Waals surface area contributed by atoms with Crippen LogP contribution in [0.3, 0.4) is 0 Å². The summed E-state index contributed by atoms with van der Waals surface area (Å²) in [4.78, 5) is 4.35. The second kappa shape index (κ2) is 4.20. The van der Waals surface area contributed by atoms with Gasteiger partial charge in [-0.3, -0.25) is 4.98 Å². The Kier molecular flexibility index (Phi) is 2.75. The van der Waals surface area contributed by atoms with E-state index >= 15 is 0 Å². The summed E-state index contributed by atoms with van der Waals surface area (Å²) in [5.41, 5.74) is 3.44. The van der Waals surface area contributed by atoms with Gasteiger partial charge < -0.3 is 5.11 Å². The number of aliphatic hydroxyl groups is 1. The first-order valence-corrected chi connectivity index (χ1v) is 4.83. The van der Waals surface area contributed by atoms with Crippen LogP contribution < -0.4 is 0 Å². The topological polar surface area (TPSA) is 33.1 Å². The zero-order chi connectivity index (χ0) is 9.80. The summed E-state index contributed by atoms with van der Waals surface area (Å²) in [5.74, 6) is 0. The third-order valence-corrected chi connectivity index (χ3v) is 2.29. The second-order valence-electron chi connectivity index (χ2n) is 3.34. The van der Waals surface area contributed by atoms with Crippen LogP contribution in [0.2, 0.25) is 0 Å². The predicted molar refractivity (Wildman–Crippen MR) is 57.7 cm³/mol. The Morgan fingerprint density at radius 3 is 3.29 bits per heavy atom. The summed E-state index contributed by atoms with van der Waals surface area (Å²) in [6, 6.07) is 2.14. The molecule has 1 N–H and O–H groups in total. The molecule has 0 bridgehead atoms. The quantitative estimate of drug-likeness (QED) is 0.768. The maximum atomic E-state index is 8.65. The average Bonchev–Trinajstić information content (AvgIpc) is 2.26. The monoisotopic (exact) mass is 187 g/mol. The van der Waals surface area contributed by atoms with E-state index in [0.29, 0.717) is 0 Å². The van der Waals surface area contributed by atoms with Crippen molar-refractivity contribution in [3.8, 4) is 0 Å². The summed E-state index contributed by atoms with van der Waals surface area (Å²) in [5, 5.41) is 8.65. The Morgan fingerprint density at radius 1 is 1.50 bits per heavy atom. The highest BCUT2D eigenvalue weighted by Gasteiger charge is 2.04. The number of hydrogen-bond acceptors (Lipinski definition) is 2. The zero-order valence-electron chi connectivity index (χ0n) is 7.98. The first-order chi connectivity index (χ1) is 6.90. The number of aliphatic hydroxyl groups excluding tert-OH is 1. The minimum atomic E-state index is 0.0803. The summed E-state index contributed by atoms with van der Waals surface area (Å²) in [6.45, 7) is 0.0803. The lowest BCUT2D eigenvalue weighted by Crippen LogP contribution is -1.97. The maximum Gasteiger partial charge on any atom is 0.0658 e. The molecule has 1 aromatic heterocycles. The van der Waals surface area contributed by atoms with Crippen LogP contribution in [-0.4, -0.2) is 16.7 Å². The molecule has 2 heteroatoms. The molecule has 0 amide bonds. The molecule has 1 aromatic rings. The van der Waals surface area contributed by atoms with Crippen molar-refractivity contribution in [1.29, 1.82) is 0 Å².